The number of unbranched alkanes of at least 4 members (excludes halogenated alkanes) is 2. The summed E-state index contributed by atoms with van der Waals surface area (Å²) in [7, 11) is 0. The molecule has 1 heterocycles. The predicted octanol–water partition coefficient (Wildman–Crippen LogP) is 3.93. The number of hydrogen-bond acceptors (Lipinski definition) is 7. The van der Waals surface area contributed by atoms with E-state index >= 15 is 0 Å². The number of anilines is 2. The van der Waals surface area contributed by atoms with Gasteiger partial charge in [-0.1, -0.05) is 6.07 Å². The Kier molecular flexibility index (Phi) is 10.8. The molecule has 1 aromatic heterocycles. The largest absolute Gasteiger partial charge is 0.396 e. The number of hydrogen-bond donors (Lipinski definition) is 3. The summed E-state index contributed by atoms with van der Waals surface area (Å²) < 4.78 is 11.1. The Hall–Kier alpha value is -2.00. The van der Waals surface area contributed by atoms with E-state index in [9.17, 15) is 4.79 Å². The molecule has 1 aromatic carbocycles. The lowest BCUT2D eigenvalue weighted by Gasteiger charge is -2.13. The third-order valence-corrected chi connectivity index (χ3v) is 5.70. The van der Waals surface area contributed by atoms with Crippen LogP contribution >= 0.6 is 11.3 Å². The lowest BCUT2D eigenvalue weighted by Crippen LogP contribution is -2.16. The summed E-state index contributed by atoms with van der Waals surface area (Å²) in [5, 5.41) is 15.6. The number of aromatic nitrogens is 1. The molecular weight excluding hydrogens is 402 g/mol. The Morgan fingerprint density at radius 1 is 1.07 bits per heavy atom. The van der Waals surface area contributed by atoms with Crippen molar-refractivity contribution in [3.63, 3.8) is 0 Å². The van der Waals surface area contributed by atoms with E-state index < -0.39 is 0 Å². The van der Waals surface area contributed by atoms with Gasteiger partial charge in [-0.15, -0.1) is 11.3 Å². The van der Waals surface area contributed by atoms with Crippen LogP contribution in [0.1, 0.15) is 45.8 Å². The van der Waals surface area contributed by atoms with Crippen molar-refractivity contribution in [2.45, 2.75) is 40.0 Å². The lowest BCUT2D eigenvalue weighted by molar-refractivity contribution is 0.0497. The molecule has 0 spiro atoms. The van der Waals surface area contributed by atoms with Crippen molar-refractivity contribution in [2.75, 3.05) is 50.2 Å². The molecule has 0 radical (unpaired) electrons. The van der Waals surface area contributed by atoms with Gasteiger partial charge in [0.25, 0.3) is 5.91 Å². The zero-order valence-corrected chi connectivity index (χ0v) is 18.9. The average Bonchev–Trinajstić information content (AvgIpc) is 3.04. The van der Waals surface area contributed by atoms with Gasteiger partial charge in [-0.3, -0.25) is 10.1 Å². The number of ether oxygens (including phenoxy) is 2. The third-order valence-electron chi connectivity index (χ3n) is 4.71. The molecule has 7 nitrogen and oxygen atoms in total. The smallest absolute Gasteiger partial charge is 0.257 e. The second-order valence-electron chi connectivity index (χ2n) is 7.03. The summed E-state index contributed by atoms with van der Waals surface area (Å²) in [5.74, 6) is -0.155. The topological polar surface area (TPSA) is 92.7 Å². The Balaban J connectivity index is 1.70. The molecule has 0 unspecified atom stereocenters. The van der Waals surface area contributed by atoms with E-state index in [1.165, 1.54) is 11.3 Å². The maximum atomic E-state index is 12.6. The first-order chi connectivity index (χ1) is 14.5. The summed E-state index contributed by atoms with van der Waals surface area (Å²) in [4.78, 5) is 18.1. The highest BCUT2D eigenvalue weighted by atomic mass is 32.1. The van der Waals surface area contributed by atoms with Crippen LogP contribution < -0.4 is 10.6 Å². The highest BCUT2D eigenvalue weighted by Crippen LogP contribution is 2.24. The molecule has 0 saturated heterocycles. The molecule has 0 aliphatic carbocycles. The fourth-order valence-corrected chi connectivity index (χ4v) is 3.65. The number of aryl methyl sites for hydroxylation is 2. The van der Waals surface area contributed by atoms with E-state index in [1.54, 1.807) is 0 Å². The number of carbonyl (C=O) groups is 1. The molecule has 0 atom stereocenters. The number of benzene rings is 1. The highest BCUT2D eigenvalue weighted by molar-refractivity contribution is 7.15. The number of aliphatic hydroxyl groups is 1. The minimum atomic E-state index is -0.155. The fourth-order valence-electron chi connectivity index (χ4n) is 2.84. The van der Waals surface area contributed by atoms with Gasteiger partial charge in [0.1, 0.15) is 0 Å². The summed E-state index contributed by atoms with van der Waals surface area (Å²) in [6, 6.07) is 5.64. The van der Waals surface area contributed by atoms with Gasteiger partial charge >= 0.3 is 0 Å². The van der Waals surface area contributed by atoms with Gasteiger partial charge in [0.05, 0.1) is 25.5 Å². The Morgan fingerprint density at radius 3 is 2.53 bits per heavy atom. The van der Waals surface area contributed by atoms with Gasteiger partial charge in [-0.2, -0.15) is 0 Å². The summed E-state index contributed by atoms with van der Waals surface area (Å²) in [6.45, 7) is 9.13. The second kappa shape index (κ2) is 13.3. The Morgan fingerprint density at radius 2 is 1.83 bits per heavy atom. The molecular formula is C22H33N3O4S. The third kappa shape index (κ3) is 8.02. The van der Waals surface area contributed by atoms with E-state index in [1.807, 2.05) is 39.0 Å². The van der Waals surface area contributed by atoms with Crippen molar-refractivity contribution < 1.29 is 19.4 Å². The van der Waals surface area contributed by atoms with E-state index in [0.29, 0.717) is 43.7 Å². The van der Waals surface area contributed by atoms with Crippen molar-refractivity contribution in [3.05, 3.63) is 39.9 Å². The summed E-state index contributed by atoms with van der Waals surface area (Å²) in [5.41, 5.74) is 3.37. The molecule has 0 aliphatic heterocycles. The SMILES string of the molecule is Cc1nc(NC(=O)c2cccc(NCCOCCOCCCCCO)c2C)sc1C. The van der Waals surface area contributed by atoms with Crippen LogP contribution in [0.4, 0.5) is 10.8 Å². The molecule has 30 heavy (non-hydrogen) atoms. The van der Waals surface area contributed by atoms with Crippen molar-refractivity contribution in [2.24, 2.45) is 0 Å². The average molecular weight is 436 g/mol. The number of thiazole rings is 1. The van der Waals surface area contributed by atoms with Crippen molar-refractivity contribution in [1.29, 1.82) is 0 Å². The summed E-state index contributed by atoms with van der Waals surface area (Å²) in [6.07, 6.45) is 2.78. The minimum absolute atomic E-state index is 0.155. The van der Waals surface area contributed by atoms with Crippen molar-refractivity contribution >= 4 is 28.1 Å². The lowest BCUT2D eigenvalue weighted by atomic mass is 10.1. The van der Waals surface area contributed by atoms with Gasteiger partial charge in [0.2, 0.25) is 0 Å². The number of rotatable bonds is 14. The fraction of sp³-hybridized carbons (Fsp3) is 0.545. The van der Waals surface area contributed by atoms with E-state index in [-0.39, 0.29) is 12.5 Å². The van der Waals surface area contributed by atoms with Gasteiger partial charge in [-0.05, 0) is 57.7 Å². The van der Waals surface area contributed by atoms with Crippen LogP contribution in [0, 0.1) is 20.8 Å². The van der Waals surface area contributed by atoms with E-state index in [4.69, 9.17) is 14.6 Å². The monoisotopic (exact) mass is 435 g/mol. The zero-order valence-electron chi connectivity index (χ0n) is 18.1. The molecule has 2 rings (SSSR count). The Bertz CT molecular complexity index is 775. The number of aliphatic hydroxyl groups excluding tert-OH is 1. The van der Waals surface area contributed by atoms with E-state index in [2.05, 4.69) is 15.6 Å². The maximum Gasteiger partial charge on any atom is 0.257 e. The number of amides is 1. The molecule has 0 aliphatic rings. The zero-order chi connectivity index (χ0) is 21.8. The normalized spacial score (nSPS) is 10.9. The van der Waals surface area contributed by atoms with E-state index in [0.717, 1.165) is 41.1 Å². The second-order valence-corrected chi connectivity index (χ2v) is 8.23. The standard InChI is InChI=1S/C22H33N3O4S/c1-16-19(21(27)25-22-24-17(2)18(3)30-22)8-7-9-20(16)23-10-13-29-15-14-28-12-6-4-5-11-26/h7-9,23,26H,4-6,10-15H2,1-3H3,(H,24,25,27). The van der Waals surface area contributed by atoms with Gasteiger partial charge in [0.15, 0.2) is 5.13 Å². The first kappa shape index (κ1) is 24.3. The van der Waals surface area contributed by atoms with Crippen LogP contribution in [0.2, 0.25) is 0 Å². The van der Waals surface area contributed by atoms with Crippen LogP contribution in [-0.4, -0.2) is 55.6 Å². The van der Waals surface area contributed by atoms with Crippen LogP contribution in [0.15, 0.2) is 18.2 Å². The van der Waals surface area contributed by atoms with Crippen molar-refractivity contribution in [3.8, 4) is 0 Å². The van der Waals surface area contributed by atoms with Crippen LogP contribution in [0.5, 0.6) is 0 Å². The molecule has 166 valence electrons. The predicted molar refractivity (Wildman–Crippen MR) is 122 cm³/mol. The maximum absolute atomic E-state index is 12.6. The Labute approximate surface area is 182 Å². The molecule has 0 bridgehead atoms. The van der Waals surface area contributed by atoms with Crippen LogP contribution in [0.25, 0.3) is 0 Å². The highest BCUT2D eigenvalue weighted by Gasteiger charge is 2.14. The summed E-state index contributed by atoms with van der Waals surface area (Å²) >= 11 is 1.48. The van der Waals surface area contributed by atoms with Gasteiger partial charge in [-0.25, -0.2) is 4.98 Å². The molecule has 0 saturated carbocycles. The molecule has 2 aromatic rings. The first-order valence-corrected chi connectivity index (χ1v) is 11.2. The van der Waals surface area contributed by atoms with Gasteiger partial charge in [0, 0.05) is 35.9 Å². The quantitative estimate of drug-likeness (QED) is 0.390. The molecule has 8 heteroatoms. The minimum Gasteiger partial charge on any atom is -0.396 e. The van der Waals surface area contributed by atoms with Crippen LogP contribution in [0.3, 0.4) is 0 Å². The molecule has 1 amide bonds. The van der Waals surface area contributed by atoms with Crippen molar-refractivity contribution in [1.82, 2.24) is 4.98 Å². The molecule has 3 N–H and O–H groups in total. The first-order valence-electron chi connectivity index (χ1n) is 10.4. The molecule has 0 fully saturated rings. The number of nitrogens with one attached hydrogen (secondary N) is 2. The van der Waals surface area contributed by atoms with Crippen LogP contribution in [-0.2, 0) is 9.47 Å². The van der Waals surface area contributed by atoms with Gasteiger partial charge < -0.3 is 19.9 Å². The number of carbonyl (C=O) groups excluding carboxylic acids is 1. The number of nitrogens with zero attached hydrogens (tertiary/aromatic N) is 1.